The van der Waals surface area contributed by atoms with Gasteiger partial charge >= 0.3 is 11.4 Å². The summed E-state index contributed by atoms with van der Waals surface area (Å²) in [7, 11) is 0. The van der Waals surface area contributed by atoms with Gasteiger partial charge in [-0.1, -0.05) is 18.9 Å². The van der Waals surface area contributed by atoms with E-state index >= 15 is 0 Å². The summed E-state index contributed by atoms with van der Waals surface area (Å²) in [6.45, 7) is 3.69. The molecule has 0 amide bonds. The van der Waals surface area contributed by atoms with E-state index in [1.165, 1.54) is 12.8 Å². The van der Waals surface area contributed by atoms with Crippen LogP contribution in [0.25, 0.3) is 0 Å². The average molecular weight is 202 g/mol. The minimum Gasteiger partial charge on any atom is -0.265 e. The van der Waals surface area contributed by atoms with Gasteiger partial charge < -0.3 is 0 Å². The standard InChI is InChI=1S/C9H14O3S/c1-2-8-7-5-3-4-6-9(7)12-13(10)11-8/h2,7-9H,1,3-6H2. The van der Waals surface area contributed by atoms with Crippen molar-refractivity contribution in [3.8, 4) is 0 Å². The molecule has 2 rings (SSSR count). The molecule has 0 spiro atoms. The number of fused-ring (bicyclic) bond motifs is 1. The van der Waals surface area contributed by atoms with Crippen molar-refractivity contribution in [2.45, 2.75) is 37.9 Å². The van der Waals surface area contributed by atoms with Crippen LogP contribution in [0.15, 0.2) is 12.7 Å². The van der Waals surface area contributed by atoms with Crippen molar-refractivity contribution < 1.29 is 12.6 Å². The summed E-state index contributed by atoms with van der Waals surface area (Å²) >= 11 is -1.56. The molecule has 1 aliphatic carbocycles. The van der Waals surface area contributed by atoms with Gasteiger partial charge in [-0.15, -0.1) is 6.58 Å². The molecule has 0 bridgehead atoms. The fourth-order valence-corrected chi connectivity index (χ4v) is 3.01. The normalized spacial score (nSPS) is 45.2. The van der Waals surface area contributed by atoms with Crippen molar-refractivity contribution >= 4 is 11.4 Å². The molecule has 4 atom stereocenters. The van der Waals surface area contributed by atoms with Crippen LogP contribution in [0.5, 0.6) is 0 Å². The maximum Gasteiger partial charge on any atom is 0.305 e. The molecule has 1 heterocycles. The van der Waals surface area contributed by atoms with E-state index in [0.29, 0.717) is 5.92 Å². The number of hydrogen-bond donors (Lipinski definition) is 0. The molecule has 13 heavy (non-hydrogen) atoms. The lowest BCUT2D eigenvalue weighted by molar-refractivity contribution is -0.00618. The summed E-state index contributed by atoms with van der Waals surface area (Å²) in [6, 6.07) is 0. The minimum absolute atomic E-state index is 0.0834. The van der Waals surface area contributed by atoms with Crippen molar-refractivity contribution in [3.63, 3.8) is 0 Å². The Morgan fingerprint density at radius 2 is 2.08 bits per heavy atom. The van der Waals surface area contributed by atoms with Crippen LogP contribution in [0, 0.1) is 5.92 Å². The van der Waals surface area contributed by atoms with Crippen molar-refractivity contribution in [1.29, 1.82) is 0 Å². The summed E-state index contributed by atoms with van der Waals surface area (Å²) in [6.07, 6.45) is 6.25. The lowest BCUT2D eigenvalue weighted by Gasteiger charge is -2.37. The predicted molar refractivity (Wildman–Crippen MR) is 50.0 cm³/mol. The average Bonchev–Trinajstić information content (AvgIpc) is 2.16. The molecular formula is C9H14O3S. The molecule has 3 nitrogen and oxygen atoms in total. The first-order valence-electron chi connectivity index (χ1n) is 4.70. The second kappa shape index (κ2) is 3.90. The highest BCUT2D eigenvalue weighted by atomic mass is 32.2. The fourth-order valence-electron chi connectivity index (χ4n) is 2.12. The van der Waals surface area contributed by atoms with Gasteiger partial charge in [-0.3, -0.25) is 8.37 Å². The van der Waals surface area contributed by atoms with Crippen molar-refractivity contribution in [1.82, 2.24) is 0 Å². The van der Waals surface area contributed by atoms with Crippen molar-refractivity contribution in [2.24, 2.45) is 5.92 Å². The second-order valence-electron chi connectivity index (χ2n) is 3.58. The van der Waals surface area contributed by atoms with E-state index in [2.05, 4.69) is 6.58 Å². The highest BCUT2D eigenvalue weighted by Crippen LogP contribution is 2.35. The van der Waals surface area contributed by atoms with Crippen molar-refractivity contribution in [3.05, 3.63) is 12.7 Å². The van der Waals surface area contributed by atoms with Crippen LogP contribution >= 0.6 is 0 Å². The Bertz CT molecular complexity index is 229. The van der Waals surface area contributed by atoms with E-state index in [1.807, 2.05) is 0 Å². The third-order valence-electron chi connectivity index (χ3n) is 2.80. The van der Waals surface area contributed by atoms with E-state index in [0.717, 1.165) is 12.8 Å². The van der Waals surface area contributed by atoms with Crippen LogP contribution in [0.3, 0.4) is 0 Å². The van der Waals surface area contributed by atoms with Gasteiger partial charge in [0.2, 0.25) is 0 Å². The fraction of sp³-hybridized carbons (Fsp3) is 0.778. The highest BCUT2D eigenvalue weighted by Gasteiger charge is 2.38. The van der Waals surface area contributed by atoms with E-state index in [4.69, 9.17) is 8.37 Å². The van der Waals surface area contributed by atoms with Gasteiger partial charge in [0.15, 0.2) is 0 Å². The molecule has 0 aromatic heterocycles. The lowest BCUT2D eigenvalue weighted by atomic mass is 9.83. The lowest BCUT2D eigenvalue weighted by Crippen LogP contribution is -2.42. The molecule has 0 aromatic rings. The first-order valence-corrected chi connectivity index (χ1v) is 5.70. The Morgan fingerprint density at radius 1 is 1.31 bits per heavy atom. The molecule has 1 aliphatic heterocycles. The highest BCUT2D eigenvalue weighted by molar-refractivity contribution is 7.75. The molecule has 2 fully saturated rings. The van der Waals surface area contributed by atoms with Gasteiger partial charge in [-0.05, 0) is 12.8 Å². The quantitative estimate of drug-likeness (QED) is 0.607. The summed E-state index contributed by atoms with van der Waals surface area (Å²) in [5, 5.41) is 0. The van der Waals surface area contributed by atoms with E-state index in [1.54, 1.807) is 6.08 Å². The Kier molecular flexibility index (Phi) is 2.81. The Labute approximate surface area is 81.0 Å². The molecule has 1 saturated heterocycles. The van der Waals surface area contributed by atoms with E-state index in [9.17, 15) is 4.21 Å². The molecule has 4 unspecified atom stereocenters. The molecule has 4 heteroatoms. The molecule has 74 valence electrons. The van der Waals surface area contributed by atoms with Gasteiger partial charge in [-0.25, -0.2) is 0 Å². The predicted octanol–water partition coefficient (Wildman–Crippen LogP) is 1.73. The Hall–Kier alpha value is -0.190. The van der Waals surface area contributed by atoms with Gasteiger partial charge in [0.25, 0.3) is 0 Å². The van der Waals surface area contributed by atoms with Gasteiger partial charge in [0.05, 0.1) is 6.10 Å². The van der Waals surface area contributed by atoms with Crippen LogP contribution in [-0.4, -0.2) is 16.4 Å². The van der Waals surface area contributed by atoms with Crippen molar-refractivity contribution in [2.75, 3.05) is 0 Å². The zero-order valence-corrected chi connectivity index (χ0v) is 8.29. The summed E-state index contributed by atoms with van der Waals surface area (Å²) in [5.74, 6) is 0.365. The van der Waals surface area contributed by atoms with Crippen LogP contribution in [0.4, 0.5) is 0 Å². The smallest absolute Gasteiger partial charge is 0.265 e. The zero-order valence-electron chi connectivity index (χ0n) is 7.48. The third kappa shape index (κ3) is 1.85. The summed E-state index contributed by atoms with van der Waals surface area (Å²) in [5.41, 5.74) is 0. The first-order chi connectivity index (χ1) is 6.31. The van der Waals surface area contributed by atoms with E-state index < -0.39 is 11.4 Å². The van der Waals surface area contributed by atoms with Crippen LogP contribution in [-0.2, 0) is 19.7 Å². The molecule has 0 N–H and O–H groups in total. The zero-order chi connectivity index (χ0) is 9.26. The summed E-state index contributed by atoms with van der Waals surface area (Å²) < 4.78 is 21.5. The number of hydrogen-bond acceptors (Lipinski definition) is 3. The molecule has 1 saturated carbocycles. The number of rotatable bonds is 1. The Balaban J connectivity index is 2.11. The maximum absolute atomic E-state index is 11.1. The minimum atomic E-state index is -1.56. The van der Waals surface area contributed by atoms with Gasteiger partial charge in [0.1, 0.15) is 6.10 Å². The largest absolute Gasteiger partial charge is 0.305 e. The van der Waals surface area contributed by atoms with Crippen LogP contribution in [0.2, 0.25) is 0 Å². The molecule has 2 aliphatic rings. The Morgan fingerprint density at radius 3 is 2.85 bits per heavy atom. The first kappa shape index (κ1) is 9.37. The maximum atomic E-state index is 11.1. The summed E-state index contributed by atoms with van der Waals surface area (Å²) in [4.78, 5) is 0. The third-order valence-corrected chi connectivity index (χ3v) is 3.58. The van der Waals surface area contributed by atoms with Gasteiger partial charge in [0, 0.05) is 5.92 Å². The van der Waals surface area contributed by atoms with E-state index in [-0.39, 0.29) is 12.2 Å². The van der Waals surface area contributed by atoms with Gasteiger partial charge in [-0.2, -0.15) is 4.21 Å². The SMILES string of the molecule is C=CC1OS(=O)OC2CCCCC12. The molecular weight excluding hydrogens is 188 g/mol. The second-order valence-corrected chi connectivity index (χ2v) is 4.38. The molecule has 0 aromatic carbocycles. The van der Waals surface area contributed by atoms with Crippen LogP contribution in [0.1, 0.15) is 25.7 Å². The molecule has 0 radical (unpaired) electrons. The van der Waals surface area contributed by atoms with Crippen LogP contribution < -0.4 is 0 Å². The monoisotopic (exact) mass is 202 g/mol. The topological polar surface area (TPSA) is 35.5 Å².